The van der Waals surface area contributed by atoms with Crippen LogP contribution < -0.4 is 10.6 Å². The van der Waals surface area contributed by atoms with E-state index in [1.807, 2.05) is 0 Å². The summed E-state index contributed by atoms with van der Waals surface area (Å²) in [6, 6.07) is 1.46. The number of benzene rings is 1. The Balaban J connectivity index is 1.75. The van der Waals surface area contributed by atoms with E-state index in [1.165, 1.54) is 6.20 Å². The van der Waals surface area contributed by atoms with Gasteiger partial charge < -0.3 is 10.6 Å². The number of hydrogen-bond donors (Lipinski definition) is 2. The number of hydrogen-bond acceptors (Lipinski definition) is 7. The molecule has 2 heterocycles. The Morgan fingerprint density at radius 1 is 1.17 bits per heavy atom. The largest absolute Gasteiger partial charge is 0.365 e. The summed E-state index contributed by atoms with van der Waals surface area (Å²) in [6.07, 6.45) is 1.71. The lowest BCUT2D eigenvalue weighted by atomic mass is 10.3. The predicted molar refractivity (Wildman–Crippen MR) is 80.1 cm³/mol. The van der Waals surface area contributed by atoms with Crippen molar-refractivity contribution in [2.45, 2.75) is 12.5 Å². The quantitative estimate of drug-likeness (QED) is 0.801. The van der Waals surface area contributed by atoms with E-state index in [4.69, 9.17) is 0 Å². The average molecular weight is 359 g/mol. The molecule has 7 nitrogen and oxygen atoms in total. The number of rotatable bonds is 4. The summed E-state index contributed by atoms with van der Waals surface area (Å²) in [5, 5.41) is 12.6. The monoisotopic (exact) mass is 359 g/mol. The van der Waals surface area contributed by atoms with Crippen LogP contribution in [0.3, 0.4) is 0 Å². The maximum atomic E-state index is 13.6. The predicted octanol–water partition coefficient (Wildman–Crippen LogP) is 1.63. The Morgan fingerprint density at radius 2 is 1.96 bits per heavy atom. The third-order valence-electron chi connectivity index (χ3n) is 3.42. The van der Waals surface area contributed by atoms with Crippen LogP contribution in [0, 0.1) is 17.5 Å². The van der Waals surface area contributed by atoms with E-state index < -0.39 is 27.3 Å². The fraction of sp³-hybridized carbons (Fsp3) is 0.308. The molecule has 0 saturated carbocycles. The molecule has 1 aliphatic heterocycles. The van der Waals surface area contributed by atoms with Gasteiger partial charge in [0, 0.05) is 6.04 Å². The fourth-order valence-corrected chi connectivity index (χ4v) is 3.96. The summed E-state index contributed by atoms with van der Waals surface area (Å²) in [7, 11) is -3.06. The Hall–Kier alpha value is -2.43. The van der Waals surface area contributed by atoms with E-state index in [0.717, 1.165) is 12.1 Å². The number of sulfone groups is 1. The molecule has 1 atom stereocenters. The van der Waals surface area contributed by atoms with Crippen molar-refractivity contribution in [3.05, 3.63) is 35.8 Å². The highest BCUT2D eigenvalue weighted by molar-refractivity contribution is 7.91. The van der Waals surface area contributed by atoms with Crippen LogP contribution in [0.15, 0.2) is 18.3 Å². The molecule has 0 spiro atoms. The van der Waals surface area contributed by atoms with E-state index in [1.54, 1.807) is 0 Å². The van der Waals surface area contributed by atoms with Crippen molar-refractivity contribution < 1.29 is 21.6 Å². The first-order valence-electron chi connectivity index (χ1n) is 6.91. The van der Waals surface area contributed by atoms with Crippen LogP contribution in [-0.4, -0.2) is 41.1 Å². The Bertz CT molecular complexity index is 878. The van der Waals surface area contributed by atoms with Crippen molar-refractivity contribution in [3.8, 4) is 0 Å². The second-order valence-corrected chi connectivity index (χ2v) is 7.49. The lowest BCUT2D eigenvalue weighted by Gasteiger charge is -2.12. The van der Waals surface area contributed by atoms with Crippen molar-refractivity contribution in [3.63, 3.8) is 0 Å². The summed E-state index contributed by atoms with van der Waals surface area (Å²) in [4.78, 5) is 4.00. The van der Waals surface area contributed by atoms with Gasteiger partial charge in [-0.05, 0) is 18.6 Å². The zero-order chi connectivity index (χ0) is 17.3. The smallest absolute Gasteiger partial charge is 0.249 e. The van der Waals surface area contributed by atoms with E-state index in [9.17, 15) is 21.6 Å². The molecule has 3 rings (SSSR count). The molecule has 0 aliphatic carbocycles. The van der Waals surface area contributed by atoms with Crippen molar-refractivity contribution in [2.24, 2.45) is 0 Å². The molecule has 0 bridgehead atoms. The second-order valence-electron chi connectivity index (χ2n) is 5.26. The van der Waals surface area contributed by atoms with Gasteiger partial charge in [0.15, 0.2) is 33.1 Å². The fourth-order valence-electron chi connectivity index (χ4n) is 2.29. The molecule has 1 fully saturated rings. The maximum Gasteiger partial charge on any atom is 0.249 e. The first-order chi connectivity index (χ1) is 11.3. The van der Waals surface area contributed by atoms with Crippen LogP contribution in [-0.2, 0) is 9.84 Å². The molecule has 0 amide bonds. The first kappa shape index (κ1) is 16.4. The Morgan fingerprint density at radius 3 is 2.67 bits per heavy atom. The summed E-state index contributed by atoms with van der Waals surface area (Å²) in [6.45, 7) is 0. The molecule has 11 heteroatoms. The highest BCUT2D eigenvalue weighted by Crippen LogP contribution is 2.22. The van der Waals surface area contributed by atoms with Crippen LogP contribution in [0.1, 0.15) is 6.42 Å². The van der Waals surface area contributed by atoms with Crippen molar-refractivity contribution >= 4 is 27.3 Å². The third-order valence-corrected chi connectivity index (χ3v) is 5.19. The van der Waals surface area contributed by atoms with Gasteiger partial charge in [0.25, 0.3) is 0 Å². The molecule has 24 heavy (non-hydrogen) atoms. The van der Waals surface area contributed by atoms with Crippen LogP contribution in [0.5, 0.6) is 0 Å². The number of anilines is 3. The van der Waals surface area contributed by atoms with Crippen molar-refractivity contribution in [1.29, 1.82) is 0 Å². The zero-order valence-corrected chi connectivity index (χ0v) is 12.9. The van der Waals surface area contributed by atoms with E-state index in [0.29, 0.717) is 6.42 Å². The summed E-state index contributed by atoms with van der Waals surface area (Å²) in [5.74, 6) is -4.16. The molecule has 1 saturated heterocycles. The van der Waals surface area contributed by atoms with E-state index >= 15 is 0 Å². The molecule has 1 unspecified atom stereocenters. The Kier molecular flexibility index (Phi) is 4.26. The molecule has 1 aromatic heterocycles. The topological polar surface area (TPSA) is 96.9 Å². The normalized spacial score (nSPS) is 19.2. The molecule has 2 aromatic rings. The summed E-state index contributed by atoms with van der Waals surface area (Å²) >= 11 is 0. The number of halogens is 3. The molecule has 1 aromatic carbocycles. The van der Waals surface area contributed by atoms with Gasteiger partial charge in [0.1, 0.15) is 0 Å². The van der Waals surface area contributed by atoms with Gasteiger partial charge in [0.2, 0.25) is 5.95 Å². The van der Waals surface area contributed by atoms with Crippen LogP contribution in [0.4, 0.5) is 30.6 Å². The standard InChI is InChI=1S/C13H12F3N5O2S/c14-8-1-2-9(12(16)11(8)15)19-13-20-10(5-17-21-13)18-7-3-4-24(22,23)6-7/h1-2,5,7H,3-4,6H2,(H2,18,19,20,21). The minimum Gasteiger partial charge on any atom is -0.365 e. The van der Waals surface area contributed by atoms with Gasteiger partial charge in [0.05, 0.1) is 23.4 Å². The molecule has 2 N–H and O–H groups in total. The molecular weight excluding hydrogens is 347 g/mol. The molecule has 128 valence electrons. The molecule has 1 aliphatic rings. The van der Waals surface area contributed by atoms with Gasteiger partial charge in [-0.1, -0.05) is 0 Å². The second kappa shape index (κ2) is 6.23. The lowest BCUT2D eigenvalue weighted by molar-refractivity contribution is 0.449. The highest BCUT2D eigenvalue weighted by atomic mass is 32.2. The summed E-state index contributed by atoms with van der Waals surface area (Å²) in [5.41, 5.74) is -0.351. The number of nitrogens with zero attached hydrogens (tertiary/aromatic N) is 3. The highest BCUT2D eigenvalue weighted by Gasteiger charge is 2.28. The van der Waals surface area contributed by atoms with Crippen molar-refractivity contribution in [1.82, 2.24) is 15.2 Å². The minimum atomic E-state index is -3.06. The van der Waals surface area contributed by atoms with E-state index in [-0.39, 0.29) is 35.0 Å². The maximum absolute atomic E-state index is 13.6. The minimum absolute atomic E-state index is 0.0163. The third kappa shape index (κ3) is 3.55. The van der Waals surface area contributed by atoms with Crippen LogP contribution in [0.25, 0.3) is 0 Å². The van der Waals surface area contributed by atoms with Gasteiger partial charge in [-0.3, -0.25) is 0 Å². The molecular formula is C13H12F3N5O2S. The zero-order valence-electron chi connectivity index (χ0n) is 12.1. The van der Waals surface area contributed by atoms with Crippen LogP contribution in [0.2, 0.25) is 0 Å². The van der Waals surface area contributed by atoms with Gasteiger partial charge >= 0.3 is 0 Å². The number of nitrogens with one attached hydrogen (secondary N) is 2. The lowest BCUT2D eigenvalue weighted by Crippen LogP contribution is -2.21. The first-order valence-corrected chi connectivity index (χ1v) is 8.73. The summed E-state index contributed by atoms with van der Waals surface area (Å²) < 4.78 is 62.6. The Labute approximate surface area is 135 Å². The van der Waals surface area contributed by atoms with Gasteiger partial charge in [-0.2, -0.15) is 10.1 Å². The van der Waals surface area contributed by atoms with E-state index in [2.05, 4.69) is 25.8 Å². The van der Waals surface area contributed by atoms with Gasteiger partial charge in [-0.15, -0.1) is 5.10 Å². The van der Waals surface area contributed by atoms with Crippen molar-refractivity contribution in [2.75, 3.05) is 22.1 Å². The SMILES string of the molecule is O=S1(=O)CCC(Nc2cnnc(Nc3ccc(F)c(F)c3F)n2)C1. The van der Waals surface area contributed by atoms with Crippen LogP contribution >= 0.6 is 0 Å². The average Bonchev–Trinajstić information content (AvgIpc) is 2.87. The number of aromatic nitrogens is 3. The molecule has 0 radical (unpaired) electrons. The van der Waals surface area contributed by atoms with Gasteiger partial charge in [-0.25, -0.2) is 21.6 Å².